The van der Waals surface area contributed by atoms with Gasteiger partial charge in [-0.05, 0) is 38.0 Å². The number of anilines is 1. The third-order valence-electron chi connectivity index (χ3n) is 4.48. The molecule has 1 aliphatic rings. The lowest BCUT2D eigenvalue weighted by Gasteiger charge is -2.13. The van der Waals surface area contributed by atoms with Crippen LogP contribution in [0.15, 0.2) is 36.8 Å². The highest BCUT2D eigenvalue weighted by Gasteiger charge is 2.19. The van der Waals surface area contributed by atoms with Crippen molar-refractivity contribution in [2.24, 2.45) is 0 Å². The Hall–Kier alpha value is -2.80. The fourth-order valence-electron chi connectivity index (χ4n) is 3.23. The summed E-state index contributed by atoms with van der Waals surface area (Å²) in [5.41, 5.74) is 2.41. The molecule has 0 saturated carbocycles. The van der Waals surface area contributed by atoms with Crippen molar-refractivity contribution in [2.45, 2.75) is 25.9 Å². The van der Waals surface area contributed by atoms with E-state index in [0.29, 0.717) is 12.4 Å². The largest absolute Gasteiger partial charge is 0.504 e. The average molecular weight is 354 g/mol. The molecule has 4 rings (SSSR count). The molecular formula is C19H22N4O3. The second-order valence-electron chi connectivity index (χ2n) is 6.24. The first-order valence-corrected chi connectivity index (χ1v) is 8.90. The van der Waals surface area contributed by atoms with Gasteiger partial charge >= 0.3 is 0 Å². The Morgan fingerprint density at radius 2 is 2.35 bits per heavy atom. The predicted molar refractivity (Wildman–Crippen MR) is 98.7 cm³/mol. The number of phenolic OH excluding ortho intramolecular Hbond substituents is 1. The van der Waals surface area contributed by atoms with Crippen molar-refractivity contribution in [3.05, 3.63) is 36.8 Å². The molecule has 2 aromatic heterocycles. The van der Waals surface area contributed by atoms with Gasteiger partial charge in [0.2, 0.25) is 0 Å². The van der Waals surface area contributed by atoms with Crippen LogP contribution in [0.5, 0.6) is 11.5 Å². The fourth-order valence-corrected chi connectivity index (χ4v) is 3.23. The summed E-state index contributed by atoms with van der Waals surface area (Å²) in [4.78, 5) is 8.88. The third kappa shape index (κ3) is 3.17. The van der Waals surface area contributed by atoms with Crippen molar-refractivity contribution in [1.29, 1.82) is 0 Å². The number of hydrogen-bond acceptors (Lipinski definition) is 6. The van der Waals surface area contributed by atoms with Gasteiger partial charge in [-0.1, -0.05) is 0 Å². The molecule has 1 aromatic carbocycles. The summed E-state index contributed by atoms with van der Waals surface area (Å²) in [7, 11) is 0. The lowest BCUT2D eigenvalue weighted by atomic mass is 10.1. The zero-order chi connectivity index (χ0) is 17.9. The lowest BCUT2D eigenvalue weighted by molar-refractivity contribution is 0.120. The molecule has 1 saturated heterocycles. The van der Waals surface area contributed by atoms with Gasteiger partial charge in [0, 0.05) is 31.1 Å². The Morgan fingerprint density at radius 1 is 1.42 bits per heavy atom. The van der Waals surface area contributed by atoms with Crippen LogP contribution in [0.4, 0.5) is 5.82 Å². The van der Waals surface area contributed by atoms with Crippen LogP contribution in [-0.4, -0.2) is 45.3 Å². The maximum Gasteiger partial charge on any atom is 0.161 e. The van der Waals surface area contributed by atoms with Gasteiger partial charge in [-0.3, -0.25) is 9.38 Å². The molecule has 7 heteroatoms. The van der Waals surface area contributed by atoms with Gasteiger partial charge < -0.3 is 19.9 Å². The number of aromatic hydroxyl groups is 1. The van der Waals surface area contributed by atoms with Gasteiger partial charge in [-0.2, -0.15) is 0 Å². The molecule has 2 N–H and O–H groups in total. The second kappa shape index (κ2) is 7.21. The van der Waals surface area contributed by atoms with Crippen molar-refractivity contribution in [1.82, 2.24) is 14.4 Å². The molecule has 26 heavy (non-hydrogen) atoms. The summed E-state index contributed by atoms with van der Waals surface area (Å²) in [6.45, 7) is 3.92. The Bertz CT molecular complexity index is 903. The van der Waals surface area contributed by atoms with Gasteiger partial charge in [-0.25, -0.2) is 4.98 Å². The fraction of sp³-hybridized carbons (Fsp3) is 0.368. The van der Waals surface area contributed by atoms with Crippen LogP contribution in [0.2, 0.25) is 0 Å². The number of phenols is 1. The number of benzene rings is 1. The minimum atomic E-state index is 0.120. The Labute approximate surface area is 151 Å². The van der Waals surface area contributed by atoms with E-state index in [1.165, 1.54) is 0 Å². The monoisotopic (exact) mass is 354 g/mol. The number of rotatable bonds is 6. The molecule has 1 unspecified atom stereocenters. The Balaban J connectivity index is 1.73. The van der Waals surface area contributed by atoms with E-state index in [9.17, 15) is 5.11 Å². The summed E-state index contributed by atoms with van der Waals surface area (Å²) in [6.07, 6.45) is 7.73. The summed E-state index contributed by atoms with van der Waals surface area (Å²) >= 11 is 0. The number of hydrogen-bond donors (Lipinski definition) is 2. The molecule has 0 radical (unpaired) electrons. The topological polar surface area (TPSA) is 80.9 Å². The van der Waals surface area contributed by atoms with Crippen LogP contribution >= 0.6 is 0 Å². The van der Waals surface area contributed by atoms with Crippen LogP contribution in [-0.2, 0) is 4.74 Å². The quantitative estimate of drug-likeness (QED) is 0.708. The van der Waals surface area contributed by atoms with Crippen LogP contribution in [0.3, 0.4) is 0 Å². The predicted octanol–water partition coefficient (Wildman–Crippen LogP) is 3.09. The molecule has 1 atom stereocenters. The summed E-state index contributed by atoms with van der Waals surface area (Å²) in [5, 5.41) is 13.5. The molecule has 7 nitrogen and oxygen atoms in total. The maximum absolute atomic E-state index is 9.98. The van der Waals surface area contributed by atoms with E-state index in [4.69, 9.17) is 14.5 Å². The zero-order valence-electron chi connectivity index (χ0n) is 14.7. The minimum Gasteiger partial charge on any atom is -0.504 e. The standard InChI is InChI=1S/C19H22N4O3/c1-2-25-16-10-13(5-6-15(16)24)18-19(21-11-14-4-3-9-26-14)23-8-7-20-12-17(23)22-18/h5-8,10,12,14,21,24H,2-4,9,11H2,1H3. The first kappa shape index (κ1) is 16.7. The summed E-state index contributed by atoms with van der Waals surface area (Å²) < 4.78 is 13.2. The first-order chi connectivity index (χ1) is 12.8. The maximum atomic E-state index is 9.98. The van der Waals surface area contributed by atoms with Gasteiger partial charge in [-0.15, -0.1) is 0 Å². The van der Waals surface area contributed by atoms with E-state index in [-0.39, 0.29) is 11.9 Å². The second-order valence-corrected chi connectivity index (χ2v) is 6.24. The van der Waals surface area contributed by atoms with E-state index in [0.717, 1.165) is 48.7 Å². The third-order valence-corrected chi connectivity index (χ3v) is 4.48. The Kier molecular flexibility index (Phi) is 4.62. The van der Waals surface area contributed by atoms with Crippen LogP contribution in [0.25, 0.3) is 16.9 Å². The molecule has 1 fully saturated rings. The minimum absolute atomic E-state index is 0.120. The van der Waals surface area contributed by atoms with Crippen LogP contribution in [0.1, 0.15) is 19.8 Å². The van der Waals surface area contributed by atoms with Crippen molar-refractivity contribution in [3.8, 4) is 22.8 Å². The van der Waals surface area contributed by atoms with Gasteiger partial charge in [0.15, 0.2) is 17.1 Å². The summed E-state index contributed by atoms with van der Waals surface area (Å²) in [6, 6.07) is 5.28. The highest BCUT2D eigenvalue weighted by atomic mass is 16.5. The highest BCUT2D eigenvalue weighted by Crippen LogP contribution is 2.35. The van der Waals surface area contributed by atoms with Gasteiger partial charge in [0.05, 0.1) is 18.9 Å². The number of nitrogens with zero attached hydrogens (tertiary/aromatic N) is 3. The molecule has 0 amide bonds. The van der Waals surface area contributed by atoms with E-state index >= 15 is 0 Å². The van der Waals surface area contributed by atoms with E-state index in [2.05, 4.69) is 10.3 Å². The Morgan fingerprint density at radius 3 is 3.15 bits per heavy atom. The van der Waals surface area contributed by atoms with Crippen molar-refractivity contribution in [3.63, 3.8) is 0 Å². The van der Waals surface area contributed by atoms with Crippen LogP contribution in [0, 0.1) is 0 Å². The molecule has 3 heterocycles. The molecule has 136 valence electrons. The SMILES string of the molecule is CCOc1cc(-c2nc3cnccn3c2NCC2CCCO2)ccc1O. The van der Waals surface area contributed by atoms with Crippen LogP contribution < -0.4 is 10.1 Å². The van der Waals surface area contributed by atoms with Crippen molar-refractivity contribution < 1.29 is 14.6 Å². The number of aromatic nitrogens is 3. The number of fused-ring (bicyclic) bond motifs is 1. The molecule has 0 spiro atoms. The highest BCUT2D eigenvalue weighted by molar-refractivity contribution is 5.77. The van der Waals surface area contributed by atoms with Crippen molar-refractivity contribution in [2.75, 3.05) is 25.1 Å². The van der Waals surface area contributed by atoms with Gasteiger partial charge in [0.1, 0.15) is 11.5 Å². The van der Waals surface area contributed by atoms with Crippen molar-refractivity contribution >= 4 is 11.5 Å². The van der Waals surface area contributed by atoms with Gasteiger partial charge in [0.25, 0.3) is 0 Å². The molecule has 0 bridgehead atoms. The lowest BCUT2D eigenvalue weighted by Crippen LogP contribution is -2.19. The first-order valence-electron chi connectivity index (χ1n) is 8.90. The summed E-state index contributed by atoms with van der Waals surface area (Å²) in [5.74, 6) is 1.45. The van der Waals surface area contributed by atoms with E-state index in [1.807, 2.05) is 29.7 Å². The van der Waals surface area contributed by atoms with E-state index in [1.54, 1.807) is 18.5 Å². The zero-order valence-corrected chi connectivity index (χ0v) is 14.7. The number of nitrogens with one attached hydrogen (secondary N) is 1. The number of imidazole rings is 1. The average Bonchev–Trinajstić information content (AvgIpc) is 3.29. The molecule has 3 aromatic rings. The molecular weight excluding hydrogens is 332 g/mol. The molecule has 0 aliphatic carbocycles. The smallest absolute Gasteiger partial charge is 0.161 e. The normalized spacial score (nSPS) is 16.9. The number of ether oxygens (including phenoxy) is 2. The molecule has 1 aliphatic heterocycles. The van der Waals surface area contributed by atoms with E-state index < -0.39 is 0 Å².